The van der Waals surface area contributed by atoms with Crippen LogP contribution in [0.5, 0.6) is 0 Å². The van der Waals surface area contributed by atoms with Gasteiger partial charge in [0.1, 0.15) is 0 Å². The van der Waals surface area contributed by atoms with Crippen LogP contribution in [0.1, 0.15) is 59.8 Å². The van der Waals surface area contributed by atoms with E-state index in [1.807, 2.05) is 0 Å². The zero-order valence-electron chi connectivity index (χ0n) is 10.3. The zero-order valence-corrected chi connectivity index (χ0v) is 10.3. The minimum atomic E-state index is 0.375. The van der Waals surface area contributed by atoms with Gasteiger partial charge in [0.05, 0.1) is 0 Å². The lowest BCUT2D eigenvalue weighted by Gasteiger charge is -2.43. The molecule has 0 bridgehead atoms. The average Bonchev–Trinajstić information content (AvgIpc) is 2.01. The van der Waals surface area contributed by atoms with Gasteiger partial charge in [0, 0.05) is 6.04 Å². The van der Waals surface area contributed by atoms with E-state index in [4.69, 9.17) is 5.73 Å². The normalized spacial score (nSPS) is 34.1. The van der Waals surface area contributed by atoms with Crippen molar-refractivity contribution in [2.75, 3.05) is 0 Å². The zero-order chi connectivity index (χ0) is 10.8. The lowest BCUT2D eigenvalue weighted by Crippen LogP contribution is -2.34. The Morgan fingerprint density at radius 1 is 1.43 bits per heavy atom. The highest BCUT2D eigenvalue weighted by Crippen LogP contribution is 2.46. The summed E-state index contributed by atoms with van der Waals surface area (Å²) in [5.41, 5.74) is 6.39. The molecule has 0 aromatic heterocycles. The Balaban J connectivity index is 2.52. The van der Waals surface area contributed by atoms with Crippen molar-refractivity contribution in [1.82, 2.24) is 0 Å². The van der Waals surface area contributed by atoms with E-state index in [0.29, 0.717) is 11.5 Å². The van der Waals surface area contributed by atoms with Crippen LogP contribution in [0.15, 0.2) is 0 Å². The van der Waals surface area contributed by atoms with E-state index in [0.717, 1.165) is 11.8 Å². The molecule has 0 heterocycles. The monoisotopic (exact) mass is 197 g/mol. The second-order valence-electron chi connectivity index (χ2n) is 6.02. The molecule has 1 fully saturated rings. The molecule has 2 N–H and O–H groups in total. The fourth-order valence-electron chi connectivity index (χ4n) is 3.15. The minimum Gasteiger partial charge on any atom is -0.328 e. The first-order chi connectivity index (χ1) is 6.43. The van der Waals surface area contributed by atoms with E-state index >= 15 is 0 Å². The summed E-state index contributed by atoms with van der Waals surface area (Å²) in [5, 5.41) is 0. The predicted molar refractivity (Wildman–Crippen MR) is 63.2 cm³/mol. The van der Waals surface area contributed by atoms with Crippen molar-refractivity contribution >= 4 is 0 Å². The van der Waals surface area contributed by atoms with Crippen LogP contribution in [-0.4, -0.2) is 6.04 Å². The SMILES string of the molecule is CC(N)CCC1C(C)CCCC1(C)C. The van der Waals surface area contributed by atoms with Gasteiger partial charge >= 0.3 is 0 Å². The van der Waals surface area contributed by atoms with E-state index in [2.05, 4.69) is 27.7 Å². The molecule has 0 saturated heterocycles. The lowest BCUT2D eigenvalue weighted by molar-refractivity contribution is 0.0735. The van der Waals surface area contributed by atoms with E-state index in [9.17, 15) is 0 Å². The standard InChI is InChI=1S/C13H27N/c1-10-6-5-9-13(3,4)12(10)8-7-11(2)14/h10-12H,5-9,14H2,1-4H3. The Morgan fingerprint density at radius 3 is 2.57 bits per heavy atom. The molecule has 1 saturated carbocycles. The maximum Gasteiger partial charge on any atom is 0.00105 e. The number of nitrogens with two attached hydrogens (primary N) is 1. The van der Waals surface area contributed by atoms with Gasteiger partial charge in [-0.15, -0.1) is 0 Å². The van der Waals surface area contributed by atoms with Crippen molar-refractivity contribution < 1.29 is 0 Å². The molecule has 1 nitrogen and oxygen atoms in total. The van der Waals surface area contributed by atoms with Gasteiger partial charge in [0.25, 0.3) is 0 Å². The van der Waals surface area contributed by atoms with Crippen LogP contribution in [0.2, 0.25) is 0 Å². The van der Waals surface area contributed by atoms with Crippen LogP contribution in [0, 0.1) is 17.3 Å². The lowest BCUT2D eigenvalue weighted by atomic mass is 9.62. The van der Waals surface area contributed by atoms with Gasteiger partial charge in [0.2, 0.25) is 0 Å². The summed E-state index contributed by atoms with van der Waals surface area (Å²) in [4.78, 5) is 0. The molecule has 1 aliphatic rings. The van der Waals surface area contributed by atoms with Crippen LogP contribution >= 0.6 is 0 Å². The van der Waals surface area contributed by atoms with Crippen molar-refractivity contribution in [1.29, 1.82) is 0 Å². The highest BCUT2D eigenvalue weighted by atomic mass is 14.6. The molecule has 0 radical (unpaired) electrons. The molecule has 14 heavy (non-hydrogen) atoms. The molecule has 3 atom stereocenters. The fraction of sp³-hybridized carbons (Fsp3) is 1.00. The third-order valence-electron chi connectivity index (χ3n) is 4.10. The summed E-state index contributed by atoms with van der Waals surface area (Å²) >= 11 is 0. The van der Waals surface area contributed by atoms with Crippen molar-refractivity contribution in [3.8, 4) is 0 Å². The first kappa shape index (κ1) is 12.0. The third kappa shape index (κ3) is 2.98. The summed E-state index contributed by atoms with van der Waals surface area (Å²) in [6.45, 7) is 9.43. The molecule has 1 aliphatic carbocycles. The summed E-state index contributed by atoms with van der Waals surface area (Å²) in [6, 6.07) is 0.375. The maximum absolute atomic E-state index is 5.84. The predicted octanol–water partition coefficient (Wildman–Crippen LogP) is 3.58. The molecule has 0 aliphatic heterocycles. The molecule has 1 heteroatoms. The van der Waals surface area contributed by atoms with Crippen molar-refractivity contribution in [3.05, 3.63) is 0 Å². The summed E-state index contributed by atoms with van der Waals surface area (Å²) in [5.74, 6) is 1.79. The van der Waals surface area contributed by atoms with Crippen molar-refractivity contribution in [3.63, 3.8) is 0 Å². The first-order valence-corrected chi connectivity index (χ1v) is 6.19. The highest BCUT2D eigenvalue weighted by Gasteiger charge is 2.36. The largest absolute Gasteiger partial charge is 0.328 e. The molecule has 84 valence electrons. The molecular formula is C13H27N. The highest BCUT2D eigenvalue weighted by molar-refractivity contribution is 4.86. The molecular weight excluding hydrogens is 170 g/mol. The second kappa shape index (κ2) is 4.65. The van der Waals surface area contributed by atoms with Crippen LogP contribution < -0.4 is 5.73 Å². The smallest absolute Gasteiger partial charge is 0.00105 e. The third-order valence-corrected chi connectivity index (χ3v) is 4.10. The average molecular weight is 197 g/mol. The Hall–Kier alpha value is -0.0400. The van der Waals surface area contributed by atoms with Crippen molar-refractivity contribution in [2.24, 2.45) is 23.0 Å². The van der Waals surface area contributed by atoms with Gasteiger partial charge in [-0.3, -0.25) is 0 Å². The fourth-order valence-corrected chi connectivity index (χ4v) is 3.15. The van der Waals surface area contributed by atoms with Crippen LogP contribution in [0.25, 0.3) is 0 Å². The Bertz CT molecular complexity index is 172. The molecule has 0 aromatic carbocycles. The van der Waals surface area contributed by atoms with E-state index in [1.165, 1.54) is 32.1 Å². The second-order valence-corrected chi connectivity index (χ2v) is 6.02. The topological polar surface area (TPSA) is 26.0 Å². The number of rotatable bonds is 3. The molecule has 0 spiro atoms. The van der Waals surface area contributed by atoms with E-state index in [1.54, 1.807) is 0 Å². The van der Waals surface area contributed by atoms with Gasteiger partial charge in [-0.1, -0.05) is 33.6 Å². The van der Waals surface area contributed by atoms with Gasteiger partial charge in [-0.2, -0.15) is 0 Å². The first-order valence-electron chi connectivity index (χ1n) is 6.19. The summed E-state index contributed by atoms with van der Waals surface area (Å²) in [7, 11) is 0. The van der Waals surface area contributed by atoms with E-state index in [-0.39, 0.29) is 0 Å². The molecule has 1 rings (SSSR count). The van der Waals surface area contributed by atoms with Gasteiger partial charge in [-0.05, 0) is 43.4 Å². The Morgan fingerprint density at radius 2 is 2.07 bits per heavy atom. The molecule has 0 amide bonds. The van der Waals surface area contributed by atoms with Gasteiger partial charge in [-0.25, -0.2) is 0 Å². The van der Waals surface area contributed by atoms with Gasteiger partial charge < -0.3 is 5.73 Å². The summed E-state index contributed by atoms with van der Waals surface area (Å²) < 4.78 is 0. The van der Waals surface area contributed by atoms with Crippen molar-refractivity contribution in [2.45, 2.75) is 65.8 Å². The number of hydrogen-bond acceptors (Lipinski definition) is 1. The van der Waals surface area contributed by atoms with Crippen LogP contribution in [-0.2, 0) is 0 Å². The van der Waals surface area contributed by atoms with Crippen LogP contribution in [0.4, 0.5) is 0 Å². The Labute approximate surface area is 89.5 Å². The Kier molecular flexibility index (Phi) is 4.00. The maximum atomic E-state index is 5.84. The van der Waals surface area contributed by atoms with Crippen LogP contribution in [0.3, 0.4) is 0 Å². The summed E-state index contributed by atoms with van der Waals surface area (Å²) in [6.07, 6.45) is 6.77. The molecule has 3 unspecified atom stereocenters. The quantitative estimate of drug-likeness (QED) is 0.735. The van der Waals surface area contributed by atoms with E-state index < -0.39 is 0 Å². The number of hydrogen-bond donors (Lipinski definition) is 1. The minimum absolute atomic E-state index is 0.375. The molecule has 0 aromatic rings. The van der Waals surface area contributed by atoms with Gasteiger partial charge in [0.15, 0.2) is 0 Å².